The Labute approximate surface area is 75.3 Å². The minimum atomic E-state index is 0.515. The molecule has 0 aromatic heterocycles. The SMILES string of the molecule is CCC(C)CC(CC)CO[C]=O. The first-order chi connectivity index (χ1) is 5.74. The maximum atomic E-state index is 9.83. The molecule has 12 heavy (non-hydrogen) atoms. The summed E-state index contributed by atoms with van der Waals surface area (Å²) in [6, 6.07) is 0. The molecule has 0 heterocycles. The van der Waals surface area contributed by atoms with E-state index in [0.29, 0.717) is 12.5 Å². The summed E-state index contributed by atoms with van der Waals surface area (Å²) in [5.41, 5.74) is 0. The summed E-state index contributed by atoms with van der Waals surface area (Å²) >= 11 is 0. The quantitative estimate of drug-likeness (QED) is 0.588. The van der Waals surface area contributed by atoms with Gasteiger partial charge in [0.1, 0.15) is 0 Å². The van der Waals surface area contributed by atoms with Gasteiger partial charge in [0.25, 0.3) is 0 Å². The number of ether oxygens (including phenoxy) is 1. The average molecular weight is 171 g/mol. The van der Waals surface area contributed by atoms with E-state index in [0.717, 1.165) is 18.8 Å². The van der Waals surface area contributed by atoms with Crippen molar-refractivity contribution in [3.8, 4) is 0 Å². The van der Waals surface area contributed by atoms with Gasteiger partial charge >= 0.3 is 6.47 Å². The van der Waals surface area contributed by atoms with Crippen LogP contribution in [0.5, 0.6) is 0 Å². The van der Waals surface area contributed by atoms with E-state index in [1.54, 1.807) is 0 Å². The highest BCUT2D eigenvalue weighted by Gasteiger charge is 2.10. The minimum Gasteiger partial charge on any atom is -0.457 e. The summed E-state index contributed by atoms with van der Waals surface area (Å²) in [7, 11) is 0. The molecule has 0 amide bonds. The van der Waals surface area contributed by atoms with Crippen LogP contribution in [-0.4, -0.2) is 13.1 Å². The van der Waals surface area contributed by atoms with Crippen molar-refractivity contribution in [1.29, 1.82) is 0 Å². The molecule has 2 atom stereocenters. The second-order valence-corrected chi connectivity index (χ2v) is 3.42. The maximum Gasteiger partial charge on any atom is 0.417 e. The summed E-state index contributed by atoms with van der Waals surface area (Å²) in [4.78, 5) is 9.83. The van der Waals surface area contributed by atoms with Crippen molar-refractivity contribution in [3.05, 3.63) is 0 Å². The van der Waals surface area contributed by atoms with E-state index in [1.807, 2.05) is 0 Å². The monoisotopic (exact) mass is 171 g/mol. The van der Waals surface area contributed by atoms with Crippen LogP contribution < -0.4 is 0 Å². The highest BCUT2D eigenvalue weighted by molar-refractivity contribution is 5.38. The van der Waals surface area contributed by atoms with Crippen LogP contribution in [0.2, 0.25) is 0 Å². The molecule has 1 radical (unpaired) electrons. The number of rotatable bonds is 7. The fourth-order valence-electron chi connectivity index (χ4n) is 1.24. The molecule has 0 rings (SSSR count). The summed E-state index contributed by atoms with van der Waals surface area (Å²) in [5.74, 6) is 1.24. The second-order valence-electron chi connectivity index (χ2n) is 3.42. The summed E-state index contributed by atoms with van der Waals surface area (Å²) in [5, 5.41) is 0. The average Bonchev–Trinajstić information content (AvgIpc) is 2.11. The lowest BCUT2D eigenvalue weighted by Gasteiger charge is -2.16. The van der Waals surface area contributed by atoms with Crippen molar-refractivity contribution in [2.45, 2.75) is 40.0 Å². The lowest BCUT2D eigenvalue weighted by molar-refractivity contribution is 0.197. The topological polar surface area (TPSA) is 26.3 Å². The van der Waals surface area contributed by atoms with Gasteiger partial charge in [-0.15, -0.1) is 0 Å². The van der Waals surface area contributed by atoms with Gasteiger partial charge in [-0.3, -0.25) is 0 Å². The van der Waals surface area contributed by atoms with Crippen molar-refractivity contribution < 1.29 is 9.53 Å². The van der Waals surface area contributed by atoms with Gasteiger partial charge in [0.15, 0.2) is 0 Å². The van der Waals surface area contributed by atoms with Crippen molar-refractivity contribution in [1.82, 2.24) is 0 Å². The van der Waals surface area contributed by atoms with Gasteiger partial charge in [0, 0.05) is 0 Å². The van der Waals surface area contributed by atoms with E-state index in [9.17, 15) is 4.79 Å². The standard InChI is InChI=1S/C10H19O2/c1-4-9(3)6-10(5-2)7-12-8-11/h9-10H,4-7H2,1-3H3. The molecule has 0 N–H and O–H groups in total. The lowest BCUT2D eigenvalue weighted by Crippen LogP contribution is -2.11. The Bertz CT molecular complexity index is 112. The maximum absolute atomic E-state index is 9.83. The molecular weight excluding hydrogens is 152 g/mol. The van der Waals surface area contributed by atoms with Crippen molar-refractivity contribution in [2.75, 3.05) is 6.61 Å². The van der Waals surface area contributed by atoms with Gasteiger partial charge in [0.05, 0.1) is 6.61 Å². The minimum absolute atomic E-state index is 0.515. The molecule has 71 valence electrons. The van der Waals surface area contributed by atoms with Gasteiger partial charge in [-0.1, -0.05) is 33.6 Å². The zero-order valence-electron chi connectivity index (χ0n) is 8.30. The van der Waals surface area contributed by atoms with Gasteiger partial charge in [-0.05, 0) is 18.3 Å². The molecule has 2 heteroatoms. The Morgan fingerprint density at radius 2 is 2.00 bits per heavy atom. The Morgan fingerprint density at radius 1 is 1.33 bits per heavy atom. The zero-order valence-corrected chi connectivity index (χ0v) is 8.30. The van der Waals surface area contributed by atoms with Crippen molar-refractivity contribution in [3.63, 3.8) is 0 Å². The second kappa shape index (κ2) is 7.14. The molecule has 0 spiro atoms. The number of hydrogen-bond acceptors (Lipinski definition) is 2. The normalized spacial score (nSPS) is 15.2. The number of hydrogen-bond donors (Lipinski definition) is 0. The highest BCUT2D eigenvalue weighted by Crippen LogP contribution is 2.17. The first-order valence-electron chi connectivity index (χ1n) is 4.73. The van der Waals surface area contributed by atoms with Crippen LogP contribution in [0, 0.1) is 11.8 Å². The van der Waals surface area contributed by atoms with Crippen LogP contribution >= 0.6 is 0 Å². The predicted molar refractivity (Wildman–Crippen MR) is 49.5 cm³/mol. The van der Waals surface area contributed by atoms with Crippen molar-refractivity contribution in [2.24, 2.45) is 11.8 Å². The molecule has 0 saturated carbocycles. The van der Waals surface area contributed by atoms with Crippen LogP contribution in [0.15, 0.2) is 0 Å². The largest absolute Gasteiger partial charge is 0.457 e. The highest BCUT2D eigenvalue weighted by atomic mass is 16.5. The third-order valence-corrected chi connectivity index (χ3v) is 2.39. The van der Waals surface area contributed by atoms with Gasteiger partial charge in [-0.2, -0.15) is 0 Å². The van der Waals surface area contributed by atoms with E-state index >= 15 is 0 Å². The molecule has 2 unspecified atom stereocenters. The molecule has 2 nitrogen and oxygen atoms in total. The first kappa shape index (κ1) is 11.5. The van der Waals surface area contributed by atoms with Gasteiger partial charge in [-0.25, -0.2) is 4.79 Å². The number of carbonyl (C=O) groups excluding carboxylic acids is 1. The summed E-state index contributed by atoms with van der Waals surface area (Å²) < 4.78 is 4.63. The Hall–Kier alpha value is -0.530. The molecule has 0 aromatic rings. The Balaban J connectivity index is 3.58. The molecule has 0 aliphatic rings. The third-order valence-electron chi connectivity index (χ3n) is 2.39. The molecule has 0 aliphatic carbocycles. The van der Waals surface area contributed by atoms with E-state index < -0.39 is 0 Å². The summed E-state index contributed by atoms with van der Waals surface area (Å²) in [6.45, 7) is 8.55. The fourth-order valence-corrected chi connectivity index (χ4v) is 1.24. The molecule has 0 saturated heterocycles. The van der Waals surface area contributed by atoms with Crippen LogP contribution in [0.1, 0.15) is 40.0 Å². The Morgan fingerprint density at radius 3 is 2.42 bits per heavy atom. The van der Waals surface area contributed by atoms with E-state index in [1.165, 1.54) is 12.9 Å². The molecule has 0 bridgehead atoms. The van der Waals surface area contributed by atoms with Gasteiger partial charge < -0.3 is 4.74 Å². The Kier molecular flexibility index (Phi) is 6.82. The van der Waals surface area contributed by atoms with Crippen LogP contribution in [0.25, 0.3) is 0 Å². The first-order valence-corrected chi connectivity index (χ1v) is 4.73. The smallest absolute Gasteiger partial charge is 0.417 e. The third kappa shape index (κ3) is 5.16. The molecule has 0 aromatic carbocycles. The molecule has 0 fully saturated rings. The van der Waals surface area contributed by atoms with E-state index in [-0.39, 0.29) is 0 Å². The zero-order chi connectivity index (χ0) is 9.40. The van der Waals surface area contributed by atoms with E-state index in [2.05, 4.69) is 25.5 Å². The predicted octanol–water partition coefficient (Wildman–Crippen LogP) is 2.53. The van der Waals surface area contributed by atoms with Crippen LogP contribution in [-0.2, 0) is 9.53 Å². The lowest BCUT2D eigenvalue weighted by atomic mass is 9.93. The van der Waals surface area contributed by atoms with Gasteiger partial charge in [0.2, 0.25) is 0 Å². The fraction of sp³-hybridized carbons (Fsp3) is 0.900. The van der Waals surface area contributed by atoms with Crippen LogP contribution in [0.4, 0.5) is 0 Å². The van der Waals surface area contributed by atoms with Crippen LogP contribution in [0.3, 0.4) is 0 Å². The van der Waals surface area contributed by atoms with Crippen molar-refractivity contribution >= 4 is 6.47 Å². The molecule has 0 aliphatic heterocycles. The summed E-state index contributed by atoms with van der Waals surface area (Å²) in [6.07, 6.45) is 3.42. The van der Waals surface area contributed by atoms with E-state index in [4.69, 9.17) is 0 Å². The molecular formula is C10H19O2.